The number of hydrogen-bond donors (Lipinski definition) is 0. The van der Waals surface area contributed by atoms with Gasteiger partial charge >= 0.3 is 35.0 Å². The maximum Gasteiger partial charge on any atom is 0.344 e. The van der Waals surface area contributed by atoms with Crippen molar-refractivity contribution in [1.29, 1.82) is 0 Å². The molecule has 0 amide bonds. The summed E-state index contributed by atoms with van der Waals surface area (Å²) in [6.07, 6.45) is 0. The van der Waals surface area contributed by atoms with Gasteiger partial charge in [-0.1, -0.05) is 34.8 Å². The standard InChI is InChI=1S/C13H16ClNO6.2C10H10ClNO6/c1-13(2,3)21-12(16)7-20-10-6-11(19-4)9(15(17)18)5-8(10)14;1-16-9-4-8(18-5-10(13)17-2)6(11)3-7(9)12(14)15;1-16-8-4-9(18-5-10(13)17-2)7(12(14)15)3-6(8)11/h5-6H,7H2,1-4H3;2*3-4H,5H2,1-2H3. The SMILES string of the molecule is COC(=O)COc1cc(OC)c(Cl)cc1[N+](=O)[O-].COC(=O)COc1cc(OC)c([N+](=O)[O-])cc1Cl.COc1cc(OCC(=O)OC(C)(C)C)c(Cl)cc1[N+](=O)[O-]. The number of methoxy groups -OCH3 is 5. The van der Waals surface area contributed by atoms with Gasteiger partial charge in [-0.15, -0.1) is 0 Å². The zero-order valence-electron chi connectivity index (χ0n) is 31.4. The van der Waals surface area contributed by atoms with Crippen LogP contribution in [0.5, 0.6) is 34.5 Å². The average molecular weight is 869 g/mol. The zero-order valence-corrected chi connectivity index (χ0v) is 33.7. The fraction of sp³-hybridized carbons (Fsp3) is 0.364. The van der Waals surface area contributed by atoms with Gasteiger partial charge in [0.15, 0.2) is 19.8 Å². The van der Waals surface area contributed by atoms with Gasteiger partial charge in [0.1, 0.15) is 22.8 Å². The minimum atomic E-state index is -0.669. The maximum absolute atomic E-state index is 11.5. The number of carbonyl (C=O) groups excluding carboxylic acids is 3. The minimum absolute atomic E-state index is 0.00561. The first-order valence-electron chi connectivity index (χ1n) is 15.4. The number of benzene rings is 3. The summed E-state index contributed by atoms with van der Waals surface area (Å²) in [5.74, 6) is -1.55. The highest BCUT2D eigenvalue weighted by molar-refractivity contribution is 6.33. The van der Waals surface area contributed by atoms with Crippen LogP contribution in [0, 0.1) is 30.3 Å². The number of carbonyl (C=O) groups is 3. The Morgan fingerprint density at radius 2 is 0.807 bits per heavy atom. The first-order valence-corrected chi connectivity index (χ1v) is 16.6. The summed E-state index contributed by atoms with van der Waals surface area (Å²) in [6.45, 7) is 4.03. The molecule has 0 aromatic heterocycles. The van der Waals surface area contributed by atoms with E-state index < -0.39 is 44.9 Å². The minimum Gasteiger partial charge on any atom is -0.495 e. The van der Waals surface area contributed by atoms with Crippen LogP contribution in [-0.4, -0.2) is 93.6 Å². The topological polar surface area (TPSA) is 264 Å². The van der Waals surface area contributed by atoms with Gasteiger partial charge in [0.2, 0.25) is 17.2 Å². The van der Waals surface area contributed by atoms with E-state index in [0.717, 1.165) is 18.2 Å². The molecule has 0 aliphatic rings. The third-order valence-electron chi connectivity index (χ3n) is 6.20. The van der Waals surface area contributed by atoms with Crippen molar-refractivity contribution >= 4 is 69.8 Å². The lowest BCUT2D eigenvalue weighted by Gasteiger charge is -2.19. The molecule has 0 radical (unpaired) electrons. The summed E-state index contributed by atoms with van der Waals surface area (Å²) >= 11 is 17.4. The number of rotatable bonds is 15. The molecule has 0 aliphatic carbocycles. The third-order valence-corrected chi connectivity index (χ3v) is 7.09. The summed E-state index contributed by atoms with van der Waals surface area (Å²) < 4.78 is 43.7. The lowest BCUT2D eigenvalue weighted by atomic mass is 10.2. The summed E-state index contributed by atoms with van der Waals surface area (Å²) in [6, 6.07) is 7.02. The smallest absolute Gasteiger partial charge is 0.344 e. The molecular weight excluding hydrogens is 833 g/mol. The van der Waals surface area contributed by atoms with Gasteiger partial charge < -0.3 is 42.6 Å². The Hall–Kier alpha value is -6.06. The summed E-state index contributed by atoms with van der Waals surface area (Å²) in [4.78, 5) is 63.8. The zero-order chi connectivity index (χ0) is 43.6. The highest BCUT2D eigenvalue weighted by Crippen LogP contribution is 2.39. The molecule has 0 N–H and O–H groups in total. The largest absolute Gasteiger partial charge is 0.495 e. The van der Waals surface area contributed by atoms with Crippen LogP contribution in [0.2, 0.25) is 15.1 Å². The van der Waals surface area contributed by atoms with Crippen LogP contribution in [-0.2, 0) is 28.6 Å². The Kier molecular flexibility index (Phi) is 19.9. The molecular formula is C33H36Cl3N3O18. The molecule has 3 aromatic carbocycles. The van der Waals surface area contributed by atoms with E-state index in [4.69, 9.17) is 68.0 Å². The Morgan fingerprint density at radius 1 is 0.509 bits per heavy atom. The van der Waals surface area contributed by atoms with E-state index in [9.17, 15) is 44.7 Å². The van der Waals surface area contributed by atoms with E-state index in [-0.39, 0.29) is 79.8 Å². The molecule has 0 bridgehead atoms. The van der Waals surface area contributed by atoms with Gasteiger partial charge in [0.05, 0.1) is 65.4 Å². The van der Waals surface area contributed by atoms with Crippen molar-refractivity contribution in [3.63, 3.8) is 0 Å². The maximum atomic E-state index is 11.5. The average Bonchev–Trinajstić information content (AvgIpc) is 3.15. The molecule has 0 unspecified atom stereocenters. The van der Waals surface area contributed by atoms with Crippen LogP contribution in [0.15, 0.2) is 36.4 Å². The van der Waals surface area contributed by atoms with E-state index in [1.807, 2.05) is 0 Å². The second kappa shape index (κ2) is 23.1. The highest BCUT2D eigenvalue weighted by Gasteiger charge is 2.23. The number of nitro groups is 3. The number of hydrogen-bond acceptors (Lipinski definition) is 18. The van der Waals surface area contributed by atoms with Gasteiger partial charge in [-0.3, -0.25) is 30.3 Å². The monoisotopic (exact) mass is 867 g/mol. The molecule has 0 saturated carbocycles. The molecule has 24 heteroatoms. The van der Waals surface area contributed by atoms with Crippen molar-refractivity contribution in [3.05, 3.63) is 81.8 Å². The van der Waals surface area contributed by atoms with Crippen LogP contribution >= 0.6 is 34.8 Å². The first kappa shape index (κ1) is 49.0. The summed E-state index contributed by atoms with van der Waals surface area (Å²) in [7, 11) is 6.32. The quantitative estimate of drug-likeness (QED) is 0.0674. The van der Waals surface area contributed by atoms with Crippen LogP contribution < -0.4 is 28.4 Å². The van der Waals surface area contributed by atoms with Crippen molar-refractivity contribution in [2.45, 2.75) is 26.4 Å². The van der Waals surface area contributed by atoms with Gasteiger partial charge in [-0.05, 0) is 20.8 Å². The van der Waals surface area contributed by atoms with Crippen LogP contribution in [0.4, 0.5) is 17.1 Å². The number of halogens is 3. The van der Waals surface area contributed by atoms with Crippen molar-refractivity contribution in [2.75, 3.05) is 55.4 Å². The Balaban J connectivity index is 0.000000429. The number of esters is 3. The predicted octanol–water partition coefficient (Wildman–Crippen LogP) is 6.59. The second-order valence-corrected chi connectivity index (χ2v) is 12.5. The molecule has 57 heavy (non-hydrogen) atoms. The molecule has 3 aromatic rings. The first-order chi connectivity index (χ1) is 26.6. The van der Waals surface area contributed by atoms with Gasteiger partial charge in [0, 0.05) is 36.4 Å². The lowest BCUT2D eigenvalue weighted by molar-refractivity contribution is -0.386. The molecule has 21 nitrogen and oxygen atoms in total. The predicted molar refractivity (Wildman–Crippen MR) is 200 cm³/mol. The van der Waals surface area contributed by atoms with E-state index in [0.29, 0.717) is 0 Å². The number of ether oxygens (including phenoxy) is 9. The second-order valence-electron chi connectivity index (χ2n) is 11.2. The van der Waals surface area contributed by atoms with E-state index >= 15 is 0 Å². The normalized spacial score (nSPS) is 10.2. The van der Waals surface area contributed by atoms with Crippen molar-refractivity contribution in [3.8, 4) is 34.5 Å². The summed E-state index contributed by atoms with van der Waals surface area (Å²) in [5, 5.41) is 32.4. The van der Waals surface area contributed by atoms with E-state index in [1.54, 1.807) is 20.8 Å². The van der Waals surface area contributed by atoms with Crippen LogP contribution in [0.3, 0.4) is 0 Å². The molecule has 0 atom stereocenters. The molecule has 0 spiro atoms. The molecule has 0 heterocycles. The molecule has 0 saturated heterocycles. The number of nitrogens with zero attached hydrogens (tertiary/aromatic N) is 3. The Morgan fingerprint density at radius 3 is 1.12 bits per heavy atom. The van der Waals surface area contributed by atoms with Crippen molar-refractivity contribution in [1.82, 2.24) is 0 Å². The fourth-order valence-electron chi connectivity index (χ4n) is 3.72. The summed E-state index contributed by atoms with van der Waals surface area (Å²) in [5.41, 5.74) is -1.55. The van der Waals surface area contributed by atoms with Crippen molar-refractivity contribution < 1.29 is 71.8 Å². The molecule has 3 rings (SSSR count). The van der Waals surface area contributed by atoms with Crippen molar-refractivity contribution in [2.24, 2.45) is 0 Å². The third kappa shape index (κ3) is 16.3. The van der Waals surface area contributed by atoms with Crippen LogP contribution in [0.1, 0.15) is 20.8 Å². The molecule has 0 fully saturated rings. The fourth-order valence-corrected chi connectivity index (χ4v) is 4.38. The highest BCUT2D eigenvalue weighted by atomic mass is 35.5. The number of nitro benzene ring substituents is 3. The molecule has 0 aliphatic heterocycles. The van der Waals surface area contributed by atoms with Gasteiger partial charge in [-0.2, -0.15) is 0 Å². The Bertz CT molecular complexity index is 1940. The van der Waals surface area contributed by atoms with E-state index in [1.165, 1.54) is 53.7 Å². The van der Waals surface area contributed by atoms with Gasteiger partial charge in [-0.25, -0.2) is 14.4 Å². The lowest BCUT2D eigenvalue weighted by Crippen LogP contribution is -2.27. The Labute approximate surface area is 338 Å². The van der Waals surface area contributed by atoms with Crippen LogP contribution in [0.25, 0.3) is 0 Å². The van der Waals surface area contributed by atoms with Gasteiger partial charge in [0.25, 0.3) is 0 Å². The molecule has 312 valence electrons. The van der Waals surface area contributed by atoms with E-state index in [2.05, 4.69) is 9.47 Å².